The van der Waals surface area contributed by atoms with Gasteiger partial charge in [-0.1, -0.05) is 115 Å². The summed E-state index contributed by atoms with van der Waals surface area (Å²) in [5.74, 6) is 1.74. The number of hydrogen-bond donors (Lipinski definition) is 0. The van der Waals surface area contributed by atoms with Gasteiger partial charge in [0.05, 0.1) is 5.41 Å². The van der Waals surface area contributed by atoms with Gasteiger partial charge >= 0.3 is 0 Å². The molecule has 0 unspecified atom stereocenters. The number of benzene rings is 9. The zero-order chi connectivity index (χ0) is 37.2. The molecule has 11 aromatic rings. The number of rotatable bonds is 3. The van der Waals surface area contributed by atoms with Crippen molar-refractivity contribution in [2.75, 3.05) is 4.90 Å². The lowest BCUT2D eigenvalue weighted by Crippen LogP contribution is -2.32. The van der Waals surface area contributed by atoms with Gasteiger partial charge in [-0.25, -0.2) is 0 Å². The molecule has 2 aliphatic rings. The van der Waals surface area contributed by atoms with Gasteiger partial charge in [0.2, 0.25) is 0 Å². The van der Waals surface area contributed by atoms with E-state index >= 15 is 0 Å². The molecule has 0 amide bonds. The largest absolute Gasteiger partial charge is 0.457 e. The first-order chi connectivity index (χ1) is 28.2. The lowest BCUT2D eigenvalue weighted by atomic mass is 9.66. The van der Waals surface area contributed by atoms with Crippen LogP contribution in [0.3, 0.4) is 0 Å². The van der Waals surface area contributed by atoms with Crippen LogP contribution in [-0.4, -0.2) is 0 Å². The first-order valence-electron chi connectivity index (χ1n) is 19.4. The van der Waals surface area contributed by atoms with E-state index < -0.39 is 5.41 Å². The normalized spacial score (nSPS) is 13.5. The number of furan rings is 2. The maximum Gasteiger partial charge on any atom is 0.137 e. The predicted octanol–water partition coefficient (Wildman–Crippen LogP) is 14.6. The second-order valence-corrected chi connectivity index (χ2v) is 15.2. The molecule has 9 aromatic carbocycles. The third kappa shape index (κ3) is 4.11. The van der Waals surface area contributed by atoms with Crippen molar-refractivity contribution in [3.63, 3.8) is 0 Å². The van der Waals surface area contributed by atoms with Gasteiger partial charge in [-0.15, -0.1) is 0 Å². The molecule has 2 aromatic heterocycles. The molecular weight excluding hydrogens is 699 g/mol. The number of ether oxygens (including phenoxy) is 1. The molecule has 0 saturated carbocycles. The van der Waals surface area contributed by atoms with Crippen molar-refractivity contribution < 1.29 is 13.6 Å². The quantitative estimate of drug-likeness (QED) is 0.181. The molecular formula is C53H31NO3. The molecule has 0 atom stereocenters. The Labute approximate surface area is 327 Å². The summed E-state index contributed by atoms with van der Waals surface area (Å²) in [4.78, 5) is 2.34. The summed E-state index contributed by atoms with van der Waals surface area (Å²) in [5, 5.41) is 6.85. The molecule has 0 fully saturated rings. The summed E-state index contributed by atoms with van der Waals surface area (Å²) in [6.07, 6.45) is 0. The Kier molecular flexibility index (Phi) is 6.07. The average Bonchev–Trinajstić information content (AvgIpc) is 3.92. The summed E-state index contributed by atoms with van der Waals surface area (Å²) >= 11 is 0. The molecule has 1 spiro atoms. The molecule has 1 aliphatic carbocycles. The summed E-state index contributed by atoms with van der Waals surface area (Å²) in [6.45, 7) is 0. The molecule has 0 radical (unpaired) electrons. The predicted molar refractivity (Wildman–Crippen MR) is 231 cm³/mol. The van der Waals surface area contributed by atoms with E-state index in [1.54, 1.807) is 0 Å². The zero-order valence-corrected chi connectivity index (χ0v) is 30.6. The molecule has 0 bridgehead atoms. The minimum Gasteiger partial charge on any atom is -0.457 e. The summed E-state index contributed by atoms with van der Waals surface area (Å²) in [7, 11) is 0. The topological polar surface area (TPSA) is 38.8 Å². The number of hydrogen-bond acceptors (Lipinski definition) is 4. The van der Waals surface area contributed by atoms with Crippen molar-refractivity contribution in [2.24, 2.45) is 0 Å². The van der Waals surface area contributed by atoms with Crippen LogP contribution in [0.5, 0.6) is 11.5 Å². The molecule has 0 saturated heterocycles. The maximum atomic E-state index is 6.70. The highest BCUT2D eigenvalue weighted by Crippen LogP contribution is 2.63. The van der Waals surface area contributed by atoms with Crippen LogP contribution in [0.15, 0.2) is 197 Å². The van der Waals surface area contributed by atoms with Crippen molar-refractivity contribution in [2.45, 2.75) is 5.41 Å². The standard InChI is InChI=1S/C53H31NO3/c1-2-12-36-32(11-1)21-28-44-52(36)41-27-24-33(29-45(41)53(44)42-15-5-9-19-48(42)57-49-20-10-6-16-43(49)53)54(34-22-25-39-37-13-3-7-17-46(37)55-50(39)30-34)35-23-26-40-38-14-4-8-18-47(38)56-51(40)31-35/h1-31H. The molecule has 13 rings (SSSR count). The Morgan fingerprint density at radius 3 is 1.51 bits per heavy atom. The van der Waals surface area contributed by atoms with Gasteiger partial charge in [-0.3, -0.25) is 0 Å². The molecule has 0 N–H and O–H groups in total. The lowest BCUT2D eigenvalue weighted by molar-refractivity contribution is 0.436. The number of anilines is 3. The summed E-state index contributed by atoms with van der Waals surface area (Å²) in [5.41, 5.74) is 13.0. The molecule has 3 heterocycles. The Bertz CT molecular complexity index is 3320. The fourth-order valence-electron chi connectivity index (χ4n) is 9.95. The number of para-hydroxylation sites is 4. The van der Waals surface area contributed by atoms with Gasteiger partial charge in [0.25, 0.3) is 0 Å². The van der Waals surface area contributed by atoms with Crippen LogP contribution in [0, 0.1) is 0 Å². The lowest BCUT2D eigenvalue weighted by Gasteiger charge is -2.39. The molecule has 57 heavy (non-hydrogen) atoms. The Balaban J connectivity index is 1.12. The van der Waals surface area contributed by atoms with Gasteiger partial charge in [0, 0.05) is 61.9 Å². The van der Waals surface area contributed by atoms with Crippen LogP contribution in [-0.2, 0) is 5.41 Å². The minimum atomic E-state index is -0.632. The number of nitrogens with zero attached hydrogens (tertiary/aromatic N) is 1. The van der Waals surface area contributed by atoms with Gasteiger partial charge in [0.1, 0.15) is 33.8 Å². The van der Waals surface area contributed by atoms with Crippen LogP contribution in [0.25, 0.3) is 65.8 Å². The van der Waals surface area contributed by atoms with E-state index in [-0.39, 0.29) is 0 Å². The van der Waals surface area contributed by atoms with Crippen LogP contribution < -0.4 is 9.64 Å². The second-order valence-electron chi connectivity index (χ2n) is 15.2. The maximum absolute atomic E-state index is 6.70. The fourth-order valence-corrected chi connectivity index (χ4v) is 9.95. The third-order valence-corrected chi connectivity index (χ3v) is 12.3. The van der Waals surface area contributed by atoms with Gasteiger partial charge in [-0.05, 0) is 93.7 Å². The van der Waals surface area contributed by atoms with Crippen LogP contribution >= 0.6 is 0 Å². The summed E-state index contributed by atoms with van der Waals surface area (Å²) in [6, 6.07) is 67.1. The van der Waals surface area contributed by atoms with Crippen LogP contribution in [0.1, 0.15) is 22.3 Å². The number of fused-ring (bicyclic) bond motifs is 17. The fraction of sp³-hybridized carbons (Fsp3) is 0.0189. The van der Waals surface area contributed by atoms with E-state index in [0.29, 0.717) is 0 Å². The Morgan fingerprint density at radius 1 is 0.351 bits per heavy atom. The first kappa shape index (κ1) is 30.7. The Hall–Kier alpha value is -7.56. The molecule has 4 heteroatoms. The van der Waals surface area contributed by atoms with Gasteiger partial charge in [0.15, 0.2) is 0 Å². The molecule has 1 aliphatic heterocycles. The minimum absolute atomic E-state index is 0.632. The van der Waals surface area contributed by atoms with E-state index in [1.165, 1.54) is 33.0 Å². The monoisotopic (exact) mass is 729 g/mol. The zero-order valence-electron chi connectivity index (χ0n) is 30.6. The third-order valence-electron chi connectivity index (χ3n) is 12.3. The van der Waals surface area contributed by atoms with E-state index in [4.69, 9.17) is 13.6 Å². The van der Waals surface area contributed by atoms with Crippen molar-refractivity contribution in [1.29, 1.82) is 0 Å². The van der Waals surface area contributed by atoms with Crippen molar-refractivity contribution in [1.82, 2.24) is 0 Å². The smallest absolute Gasteiger partial charge is 0.137 e. The van der Waals surface area contributed by atoms with Crippen molar-refractivity contribution in [3.8, 4) is 22.6 Å². The van der Waals surface area contributed by atoms with E-state index in [2.05, 4.69) is 169 Å². The highest BCUT2D eigenvalue weighted by Gasteiger charge is 2.51. The molecule has 4 nitrogen and oxygen atoms in total. The van der Waals surface area contributed by atoms with Crippen molar-refractivity contribution in [3.05, 3.63) is 210 Å². The van der Waals surface area contributed by atoms with Crippen LogP contribution in [0.4, 0.5) is 17.1 Å². The highest BCUT2D eigenvalue weighted by molar-refractivity contribution is 6.09. The first-order valence-corrected chi connectivity index (χ1v) is 19.4. The average molecular weight is 730 g/mol. The summed E-state index contributed by atoms with van der Waals surface area (Å²) < 4.78 is 19.7. The van der Waals surface area contributed by atoms with Gasteiger partial charge in [-0.2, -0.15) is 0 Å². The second kappa shape index (κ2) is 11.2. The van der Waals surface area contributed by atoms with Crippen molar-refractivity contribution >= 4 is 71.7 Å². The highest BCUT2D eigenvalue weighted by atomic mass is 16.5. The SMILES string of the molecule is c1ccc2c(c1)Oc1ccccc1C21c2cc(N(c3ccc4c(c3)oc3ccccc34)c3ccc4c(c3)oc3ccccc34)ccc2-c2c1ccc1ccccc21. The van der Waals surface area contributed by atoms with E-state index in [9.17, 15) is 0 Å². The van der Waals surface area contributed by atoms with Crippen LogP contribution in [0.2, 0.25) is 0 Å². The van der Waals surface area contributed by atoms with E-state index in [0.717, 1.165) is 83.6 Å². The Morgan fingerprint density at radius 2 is 0.860 bits per heavy atom. The van der Waals surface area contributed by atoms with E-state index in [1.807, 2.05) is 24.3 Å². The molecule has 266 valence electrons. The van der Waals surface area contributed by atoms with Gasteiger partial charge < -0.3 is 18.5 Å².